The molecule has 3 aromatic heterocycles. The number of thiophene rings is 2. The standard InChI is InChI=1S/C25H27N3O3S2/c1-15-6-7-20-18(10-15)21(27-24(30)26-19-14-33-12-16(19)2)22(23(29)31-25(3,4)5)28(20)11-17-8-9-32-13-17/h6-10,12-14H,11H2,1-5H3,(H2,26,27,30). The molecule has 6 nitrogen and oxygen atoms in total. The van der Waals surface area contributed by atoms with Gasteiger partial charge in [0, 0.05) is 17.3 Å². The number of nitrogens with zero attached hydrogens (tertiary/aromatic N) is 1. The SMILES string of the molecule is Cc1ccc2c(c1)c(NC(=O)Nc1cscc1C)c(C(=O)OC(C)(C)C)n2Cc1ccsc1. The second kappa shape index (κ2) is 9.03. The maximum absolute atomic E-state index is 13.4. The van der Waals surface area contributed by atoms with Crippen LogP contribution in [0.3, 0.4) is 0 Å². The van der Waals surface area contributed by atoms with Crippen molar-refractivity contribution in [2.45, 2.75) is 46.8 Å². The zero-order chi connectivity index (χ0) is 23.8. The van der Waals surface area contributed by atoms with Crippen LogP contribution in [-0.2, 0) is 11.3 Å². The summed E-state index contributed by atoms with van der Waals surface area (Å²) in [4.78, 5) is 26.4. The third-order valence-corrected chi connectivity index (χ3v) is 6.67. The second-order valence-corrected chi connectivity index (χ2v) is 10.5. The first-order valence-electron chi connectivity index (χ1n) is 10.6. The summed E-state index contributed by atoms with van der Waals surface area (Å²) in [7, 11) is 0. The second-order valence-electron chi connectivity index (χ2n) is 9.01. The van der Waals surface area contributed by atoms with Gasteiger partial charge in [0.05, 0.1) is 16.9 Å². The number of aryl methyl sites for hydroxylation is 2. The Kier molecular flexibility index (Phi) is 6.32. The van der Waals surface area contributed by atoms with Gasteiger partial charge in [0.15, 0.2) is 5.69 Å². The smallest absolute Gasteiger partial charge is 0.357 e. The molecule has 3 heterocycles. The average Bonchev–Trinajstić information content (AvgIpc) is 3.43. The van der Waals surface area contributed by atoms with Gasteiger partial charge in [-0.25, -0.2) is 9.59 Å². The van der Waals surface area contributed by atoms with Crippen LogP contribution in [0.15, 0.2) is 45.8 Å². The van der Waals surface area contributed by atoms with Gasteiger partial charge in [-0.15, -0.1) is 11.3 Å². The summed E-state index contributed by atoms with van der Waals surface area (Å²) >= 11 is 3.12. The van der Waals surface area contributed by atoms with Gasteiger partial charge in [0.1, 0.15) is 5.60 Å². The predicted molar refractivity (Wildman–Crippen MR) is 137 cm³/mol. The Morgan fingerprint density at radius 1 is 1.03 bits per heavy atom. The number of hydrogen-bond acceptors (Lipinski definition) is 5. The van der Waals surface area contributed by atoms with Crippen molar-refractivity contribution in [1.82, 2.24) is 4.57 Å². The Balaban J connectivity index is 1.84. The maximum Gasteiger partial charge on any atom is 0.357 e. The maximum atomic E-state index is 13.4. The lowest BCUT2D eigenvalue weighted by molar-refractivity contribution is 0.00600. The number of hydrogen-bond donors (Lipinski definition) is 2. The van der Waals surface area contributed by atoms with Crippen molar-refractivity contribution in [1.29, 1.82) is 0 Å². The number of carbonyl (C=O) groups excluding carboxylic acids is 2. The molecule has 0 saturated heterocycles. The Hall–Kier alpha value is -3.10. The molecule has 4 rings (SSSR count). The minimum absolute atomic E-state index is 0.328. The van der Waals surface area contributed by atoms with Crippen LogP contribution in [-0.4, -0.2) is 22.2 Å². The van der Waals surface area contributed by atoms with Gasteiger partial charge in [0.2, 0.25) is 0 Å². The third kappa shape index (κ3) is 5.12. The first-order valence-corrected chi connectivity index (χ1v) is 12.5. The van der Waals surface area contributed by atoms with E-state index in [1.807, 2.05) is 79.6 Å². The molecule has 172 valence electrons. The zero-order valence-electron chi connectivity index (χ0n) is 19.3. The van der Waals surface area contributed by atoms with Crippen LogP contribution in [0.4, 0.5) is 16.2 Å². The van der Waals surface area contributed by atoms with Crippen molar-refractivity contribution >= 4 is 57.0 Å². The predicted octanol–water partition coefficient (Wildman–Crippen LogP) is 7.03. The number of fused-ring (bicyclic) bond motifs is 1. The fraction of sp³-hybridized carbons (Fsp3) is 0.280. The van der Waals surface area contributed by atoms with Crippen molar-refractivity contribution in [3.8, 4) is 0 Å². The number of ether oxygens (including phenoxy) is 1. The summed E-state index contributed by atoms with van der Waals surface area (Å²) < 4.78 is 7.69. The highest BCUT2D eigenvalue weighted by Crippen LogP contribution is 2.34. The van der Waals surface area contributed by atoms with Gasteiger partial charge >= 0.3 is 12.0 Å². The van der Waals surface area contributed by atoms with Crippen LogP contribution in [0.25, 0.3) is 10.9 Å². The number of anilines is 2. The Morgan fingerprint density at radius 3 is 2.45 bits per heavy atom. The van der Waals surface area contributed by atoms with Gasteiger partial charge in [-0.2, -0.15) is 11.3 Å². The van der Waals surface area contributed by atoms with E-state index in [-0.39, 0.29) is 0 Å². The van der Waals surface area contributed by atoms with Crippen LogP contribution in [0.5, 0.6) is 0 Å². The number of rotatable bonds is 5. The van der Waals surface area contributed by atoms with E-state index in [1.165, 1.54) is 11.3 Å². The van der Waals surface area contributed by atoms with Crippen molar-refractivity contribution in [2.24, 2.45) is 0 Å². The van der Waals surface area contributed by atoms with Gasteiger partial charge in [0.25, 0.3) is 0 Å². The highest BCUT2D eigenvalue weighted by Gasteiger charge is 2.29. The molecular formula is C25H27N3O3S2. The topological polar surface area (TPSA) is 72.4 Å². The lowest BCUT2D eigenvalue weighted by atomic mass is 10.1. The van der Waals surface area contributed by atoms with E-state index in [4.69, 9.17) is 4.74 Å². The molecule has 33 heavy (non-hydrogen) atoms. The summed E-state index contributed by atoms with van der Waals surface area (Å²) in [5.41, 5.74) is 4.79. The highest BCUT2D eigenvalue weighted by molar-refractivity contribution is 7.08. The van der Waals surface area contributed by atoms with Crippen LogP contribution in [0.2, 0.25) is 0 Å². The fourth-order valence-corrected chi connectivity index (χ4v) is 5.06. The number of aromatic nitrogens is 1. The molecule has 2 N–H and O–H groups in total. The molecule has 0 aliphatic heterocycles. The summed E-state index contributed by atoms with van der Waals surface area (Å²) in [5.74, 6) is -0.478. The molecule has 2 amide bonds. The minimum atomic E-state index is -0.677. The molecule has 0 fully saturated rings. The van der Waals surface area contributed by atoms with Crippen LogP contribution in [0, 0.1) is 13.8 Å². The molecule has 0 bridgehead atoms. The number of urea groups is 1. The number of esters is 1. The van der Waals surface area contributed by atoms with Crippen molar-refractivity contribution in [2.75, 3.05) is 10.6 Å². The molecule has 0 radical (unpaired) electrons. The third-order valence-electron chi connectivity index (χ3n) is 5.07. The lowest BCUT2D eigenvalue weighted by Crippen LogP contribution is -2.27. The van der Waals surface area contributed by atoms with Crippen LogP contribution in [0.1, 0.15) is 48.0 Å². The van der Waals surface area contributed by atoms with Gasteiger partial charge in [-0.05, 0) is 80.1 Å². The van der Waals surface area contributed by atoms with Gasteiger partial charge in [-0.3, -0.25) is 0 Å². The van der Waals surface area contributed by atoms with Gasteiger partial charge in [-0.1, -0.05) is 11.6 Å². The molecule has 0 atom stereocenters. The Labute approximate surface area is 201 Å². The van der Waals surface area contributed by atoms with Crippen molar-refractivity contribution in [3.63, 3.8) is 0 Å². The summed E-state index contributed by atoms with van der Waals surface area (Å²) in [6, 6.07) is 7.60. The largest absolute Gasteiger partial charge is 0.455 e. The molecule has 0 saturated carbocycles. The van der Waals surface area contributed by atoms with Crippen molar-refractivity contribution < 1.29 is 14.3 Å². The Morgan fingerprint density at radius 2 is 1.82 bits per heavy atom. The van der Waals surface area contributed by atoms with E-state index in [9.17, 15) is 9.59 Å². The van der Waals surface area contributed by atoms with E-state index in [0.29, 0.717) is 17.9 Å². The van der Waals surface area contributed by atoms with E-state index in [1.54, 1.807) is 11.3 Å². The number of benzene rings is 1. The number of nitrogens with one attached hydrogen (secondary N) is 2. The molecule has 0 aliphatic carbocycles. The average molecular weight is 482 g/mol. The highest BCUT2D eigenvalue weighted by atomic mass is 32.1. The molecule has 1 aromatic carbocycles. The summed E-state index contributed by atoms with van der Waals surface area (Å²) in [6.07, 6.45) is 0. The lowest BCUT2D eigenvalue weighted by Gasteiger charge is -2.21. The normalized spacial score (nSPS) is 11.5. The molecule has 0 unspecified atom stereocenters. The monoisotopic (exact) mass is 481 g/mol. The fourth-order valence-electron chi connectivity index (χ4n) is 3.62. The number of amides is 2. The first-order chi connectivity index (χ1) is 15.6. The minimum Gasteiger partial charge on any atom is -0.455 e. The first kappa shape index (κ1) is 23.1. The quantitative estimate of drug-likeness (QED) is 0.301. The van der Waals surface area contributed by atoms with E-state index in [2.05, 4.69) is 16.0 Å². The van der Waals surface area contributed by atoms with E-state index >= 15 is 0 Å². The van der Waals surface area contributed by atoms with E-state index in [0.717, 1.165) is 33.3 Å². The molecular weight excluding hydrogens is 454 g/mol. The Bertz CT molecular complexity index is 1310. The van der Waals surface area contributed by atoms with Crippen LogP contribution < -0.4 is 10.6 Å². The van der Waals surface area contributed by atoms with Crippen LogP contribution >= 0.6 is 22.7 Å². The van der Waals surface area contributed by atoms with Gasteiger partial charge < -0.3 is 19.9 Å². The number of carbonyl (C=O) groups is 2. The van der Waals surface area contributed by atoms with Crippen molar-refractivity contribution in [3.05, 3.63) is 68.2 Å². The molecule has 8 heteroatoms. The van der Waals surface area contributed by atoms with E-state index < -0.39 is 17.6 Å². The summed E-state index contributed by atoms with van der Waals surface area (Å²) in [6.45, 7) is 9.92. The molecule has 0 spiro atoms. The molecule has 4 aromatic rings. The summed E-state index contributed by atoms with van der Waals surface area (Å²) in [5, 5.41) is 14.5. The molecule has 0 aliphatic rings. The zero-order valence-corrected chi connectivity index (χ0v) is 20.9.